The summed E-state index contributed by atoms with van der Waals surface area (Å²) in [5, 5.41) is 0. The molecule has 2 atom stereocenters. The van der Waals surface area contributed by atoms with Crippen molar-refractivity contribution >= 4 is 36.7 Å². The van der Waals surface area contributed by atoms with Crippen LogP contribution in [0, 0.1) is 0 Å². The summed E-state index contributed by atoms with van der Waals surface area (Å²) in [7, 11) is 0. The van der Waals surface area contributed by atoms with Crippen LogP contribution in [-0.2, 0) is 21.7 Å². The molecule has 0 aromatic heterocycles. The second kappa shape index (κ2) is 13.7. The third-order valence-corrected chi connectivity index (χ3v) is 33.2. The molecule has 0 bridgehead atoms. The fourth-order valence-electron chi connectivity index (χ4n) is 10.5. The van der Waals surface area contributed by atoms with Crippen LogP contribution in [0.15, 0.2) is 93.1 Å². The molecule has 4 aliphatic rings. The second-order valence-electron chi connectivity index (χ2n) is 23.2. The quantitative estimate of drug-likeness (QED) is 0.244. The van der Waals surface area contributed by atoms with E-state index < -0.39 is 36.4 Å². The van der Waals surface area contributed by atoms with Crippen molar-refractivity contribution in [1.29, 1.82) is 0 Å². The molecular formula is C54H74Ge2O4. The van der Waals surface area contributed by atoms with Gasteiger partial charge in [0, 0.05) is 0 Å². The number of rotatable bonds is 4. The van der Waals surface area contributed by atoms with Gasteiger partial charge in [-0.15, -0.1) is 0 Å². The van der Waals surface area contributed by atoms with Gasteiger partial charge in [-0.05, 0) is 0 Å². The van der Waals surface area contributed by atoms with Crippen molar-refractivity contribution in [3.8, 4) is 23.0 Å². The first-order chi connectivity index (χ1) is 27.3. The Hall–Kier alpha value is -3.09. The third-order valence-electron chi connectivity index (χ3n) is 15.8. The number of hydrogen-bond acceptors (Lipinski definition) is 4. The summed E-state index contributed by atoms with van der Waals surface area (Å²) in [5.74, 6) is 3.63. The van der Waals surface area contributed by atoms with E-state index in [0.29, 0.717) is 0 Å². The summed E-state index contributed by atoms with van der Waals surface area (Å²) < 4.78 is 32.6. The van der Waals surface area contributed by atoms with Gasteiger partial charge in [0.15, 0.2) is 0 Å². The molecule has 3 aromatic carbocycles. The zero-order chi connectivity index (χ0) is 44.9. The average Bonchev–Trinajstić information content (AvgIpc) is 3.83. The van der Waals surface area contributed by atoms with Crippen LogP contribution in [0.1, 0.15) is 175 Å². The summed E-state index contributed by atoms with van der Waals surface area (Å²) in [5.41, 5.74) is 15.3. The van der Waals surface area contributed by atoms with E-state index in [1.807, 2.05) is 0 Å². The number of allylic oxidation sites excluding steroid dienone is 8. The third kappa shape index (κ3) is 6.16. The summed E-state index contributed by atoms with van der Waals surface area (Å²) in [4.78, 5) is 0. The Morgan fingerprint density at radius 2 is 0.650 bits per heavy atom. The van der Waals surface area contributed by atoms with E-state index in [2.05, 4.69) is 201 Å². The Morgan fingerprint density at radius 3 is 0.883 bits per heavy atom. The average molecular weight is 932 g/mol. The van der Waals surface area contributed by atoms with Crippen LogP contribution in [0.5, 0.6) is 23.0 Å². The van der Waals surface area contributed by atoms with E-state index in [0.717, 1.165) is 31.8 Å². The van der Waals surface area contributed by atoms with Crippen molar-refractivity contribution in [2.75, 3.05) is 0 Å². The number of hydrogen-bond donors (Lipinski definition) is 0. The molecular weight excluding hydrogens is 858 g/mol. The van der Waals surface area contributed by atoms with Crippen molar-refractivity contribution in [2.24, 2.45) is 0 Å². The zero-order valence-electron chi connectivity index (χ0n) is 41.3. The molecule has 3 aromatic rings. The Morgan fingerprint density at radius 1 is 0.383 bits per heavy atom. The molecule has 60 heavy (non-hydrogen) atoms. The van der Waals surface area contributed by atoms with Gasteiger partial charge in [-0.25, -0.2) is 0 Å². The van der Waals surface area contributed by atoms with Gasteiger partial charge >= 0.3 is 373 Å². The van der Waals surface area contributed by atoms with E-state index in [1.165, 1.54) is 66.8 Å². The fourth-order valence-corrected chi connectivity index (χ4v) is 28.1. The van der Waals surface area contributed by atoms with Gasteiger partial charge in [0.2, 0.25) is 0 Å². The minimum atomic E-state index is -4.20. The molecule has 0 N–H and O–H groups in total. The first kappa shape index (κ1) is 44.9. The van der Waals surface area contributed by atoms with Gasteiger partial charge in [-0.3, -0.25) is 0 Å². The minimum absolute atomic E-state index is 0.0551. The topological polar surface area (TPSA) is 36.9 Å². The summed E-state index contributed by atoms with van der Waals surface area (Å²) in [6.45, 7) is 50.7. The van der Waals surface area contributed by atoms with E-state index in [-0.39, 0.29) is 21.7 Å². The van der Waals surface area contributed by atoms with Crippen LogP contribution in [0.25, 0.3) is 0 Å². The van der Waals surface area contributed by atoms with Crippen molar-refractivity contribution in [2.45, 2.75) is 182 Å². The Balaban J connectivity index is 1.49. The normalized spacial score (nSPS) is 23.8. The van der Waals surface area contributed by atoms with Gasteiger partial charge in [0.25, 0.3) is 0 Å². The van der Waals surface area contributed by atoms with Crippen LogP contribution < -0.4 is 23.8 Å². The Kier molecular flexibility index (Phi) is 10.3. The first-order valence-corrected chi connectivity index (χ1v) is 29.9. The van der Waals surface area contributed by atoms with Crippen LogP contribution in [0.3, 0.4) is 0 Å². The van der Waals surface area contributed by atoms with Crippen molar-refractivity contribution in [3.05, 3.63) is 115 Å². The van der Waals surface area contributed by atoms with Crippen molar-refractivity contribution in [1.82, 2.24) is 0 Å². The fraction of sp³-hybridized carbons (Fsp3) is 0.519. The molecule has 2 aliphatic heterocycles. The van der Waals surface area contributed by atoms with Crippen molar-refractivity contribution in [3.63, 3.8) is 0 Å². The first-order valence-electron chi connectivity index (χ1n) is 22.3. The summed E-state index contributed by atoms with van der Waals surface area (Å²) in [6, 6.07) is 18.7. The molecule has 0 saturated carbocycles. The monoisotopic (exact) mass is 934 g/mol. The second-order valence-corrected chi connectivity index (χ2v) is 36.7. The maximum absolute atomic E-state index is 7.79. The standard InChI is InChI=1S/C54H74Ge2O4/c1-31-32(2)36(6)53(21,35(31)5)55(57-45-29-39(49(9,10)11)27-43(47(45)59-55)51(15,16)17)41-23-25-42(26-24-41)56(54(22)37(7)33(3)34(4)38(54)8)58-46-30-40(50(12,13)14)28-44(48(46)60-56)52(18,19)20/h23-30H,1-22H3. The van der Waals surface area contributed by atoms with Gasteiger partial charge < -0.3 is 0 Å². The van der Waals surface area contributed by atoms with Crippen molar-refractivity contribution < 1.29 is 15.1 Å². The molecule has 2 unspecified atom stereocenters. The van der Waals surface area contributed by atoms with Gasteiger partial charge in [-0.2, -0.15) is 0 Å². The molecule has 7 rings (SSSR count). The molecule has 6 heteroatoms. The molecule has 0 fully saturated rings. The van der Waals surface area contributed by atoms with E-state index in [9.17, 15) is 0 Å². The van der Waals surface area contributed by atoms with E-state index >= 15 is 0 Å². The van der Waals surface area contributed by atoms with E-state index in [1.54, 1.807) is 0 Å². The predicted molar refractivity (Wildman–Crippen MR) is 258 cm³/mol. The molecule has 2 aliphatic carbocycles. The number of fused-ring (bicyclic) bond motifs is 2. The molecule has 0 amide bonds. The van der Waals surface area contributed by atoms with Crippen LogP contribution in [0.4, 0.5) is 0 Å². The maximum atomic E-state index is 7.79. The summed E-state index contributed by atoms with van der Waals surface area (Å²) >= 11 is -8.40. The Bertz CT molecular complexity index is 2240. The SMILES string of the molecule is CC1=C(C)[C](C)([Ge]2([c]3cc[c]([Ge]4([C]5(C)C(C)=C(C)C(C)=C5C)[O]c5cc(C(C)(C)C)cc(C(C)(C)C)c5[O]4)cc3)[O]c3cc(C(C)(C)C)cc(C(C)(C)C)c3[O]2)C(C)=C1C. The molecule has 4 nitrogen and oxygen atoms in total. The van der Waals surface area contributed by atoms with Crippen LogP contribution in [-0.4, -0.2) is 27.9 Å². The zero-order valence-corrected chi connectivity index (χ0v) is 45.4. The molecule has 322 valence electrons. The van der Waals surface area contributed by atoms with Gasteiger partial charge in [-0.1, -0.05) is 0 Å². The van der Waals surface area contributed by atoms with E-state index in [4.69, 9.17) is 15.1 Å². The van der Waals surface area contributed by atoms with Gasteiger partial charge in [0.1, 0.15) is 0 Å². The van der Waals surface area contributed by atoms with Crippen LogP contribution >= 0.6 is 0 Å². The molecule has 2 heterocycles. The molecule has 0 spiro atoms. The summed E-state index contributed by atoms with van der Waals surface area (Å²) in [6.07, 6.45) is 0. The Labute approximate surface area is 370 Å². The number of benzene rings is 3. The predicted octanol–water partition coefficient (Wildman–Crippen LogP) is 14.0. The van der Waals surface area contributed by atoms with Gasteiger partial charge in [0.05, 0.1) is 0 Å². The van der Waals surface area contributed by atoms with Crippen LogP contribution in [0.2, 0.25) is 8.49 Å². The molecule has 0 saturated heterocycles. The molecule has 0 radical (unpaired) electrons.